The first-order chi connectivity index (χ1) is 14.3. The van der Waals surface area contributed by atoms with Gasteiger partial charge in [0.25, 0.3) is 0 Å². The van der Waals surface area contributed by atoms with Crippen molar-refractivity contribution >= 4 is 21.6 Å². The van der Waals surface area contributed by atoms with E-state index in [1.54, 1.807) is 18.2 Å². The number of benzene rings is 1. The van der Waals surface area contributed by atoms with Crippen molar-refractivity contribution in [2.45, 2.75) is 51.0 Å². The molecule has 1 amide bonds. The summed E-state index contributed by atoms with van der Waals surface area (Å²) in [6.07, 6.45) is 3.41. The highest BCUT2D eigenvalue weighted by Crippen LogP contribution is 2.35. The van der Waals surface area contributed by atoms with Crippen LogP contribution in [0.15, 0.2) is 29.2 Å². The lowest BCUT2D eigenvalue weighted by Crippen LogP contribution is -2.40. The predicted molar refractivity (Wildman–Crippen MR) is 116 cm³/mol. The topological polar surface area (TPSA) is 84.9 Å². The van der Waals surface area contributed by atoms with E-state index in [-0.39, 0.29) is 23.5 Å². The first-order valence-corrected chi connectivity index (χ1v) is 12.3. The zero-order chi connectivity index (χ0) is 21.7. The Labute approximate surface area is 180 Å². The van der Waals surface area contributed by atoms with Crippen LogP contribution in [0.2, 0.25) is 0 Å². The maximum atomic E-state index is 12.8. The van der Waals surface area contributed by atoms with Gasteiger partial charge in [0.15, 0.2) is 0 Å². The van der Waals surface area contributed by atoms with Crippen LogP contribution in [-0.2, 0) is 24.3 Å². The number of morpholine rings is 1. The molecular formula is C22H34N2O5S. The van der Waals surface area contributed by atoms with Gasteiger partial charge in [-0.25, -0.2) is 8.42 Å². The molecule has 0 aromatic heterocycles. The van der Waals surface area contributed by atoms with Crippen molar-refractivity contribution in [3.8, 4) is 0 Å². The lowest BCUT2D eigenvalue weighted by Gasteiger charge is -2.37. The third kappa shape index (κ3) is 5.81. The summed E-state index contributed by atoms with van der Waals surface area (Å²) in [7, 11) is -3.60. The fourth-order valence-electron chi connectivity index (χ4n) is 4.36. The molecule has 1 aliphatic heterocycles. The Balaban J connectivity index is 1.59. The van der Waals surface area contributed by atoms with Gasteiger partial charge in [-0.05, 0) is 48.8 Å². The number of nitrogens with one attached hydrogen (secondary N) is 1. The number of carbonyl (C=O) groups is 1. The molecular weight excluding hydrogens is 404 g/mol. The van der Waals surface area contributed by atoms with Crippen LogP contribution in [0.25, 0.3) is 0 Å². The van der Waals surface area contributed by atoms with E-state index in [2.05, 4.69) is 26.1 Å². The second kappa shape index (κ2) is 10.2. The van der Waals surface area contributed by atoms with Gasteiger partial charge in [0.2, 0.25) is 15.9 Å². The van der Waals surface area contributed by atoms with Gasteiger partial charge in [-0.2, -0.15) is 4.31 Å². The molecule has 3 rings (SSSR count). The van der Waals surface area contributed by atoms with E-state index in [0.717, 1.165) is 12.8 Å². The zero-order valence-corrected chi connectivity index (χ0v) is 19.0. The Morgan fingerprint density at radius 2 is 2.00 bits per heavy atom. The Morgan fingerprint density at radius 3 is 2.70 bits per heavy atom. The van der Waals surface area contributed by atoms with Crippen LogP contribution in [0, 0.1) is 17.8 Å². The van der Waals surface area contributed by atoms with Gasteiger partial charge in [0.1, 0.15) is 6.61 Å². The summed E-state index contributed by atoms with van der Waals surface area (Å²) >= 11 is 0. The summed E-state index contributed by atoms with van der Waals surface area (Å²) in [6, 6.07) is 6.38. The van der Waals surface area contributed by atoms with E-state index in [1.165, 1.54) is 16.8 Å². The molecule has 168 valence electrons. The number of carbonyl (C=O) groups excluding carboxylic acids is 1. The molecule has 8 heteroatoms. The molecule has 1 saturated heterocycles. The van der Waals surface area contributed by atoms with Crippen molar-refractivity contribution in [3.63, 3.8) is 0 Å². The highest BCUT2D eigenvalue weighted by molar-refractivity contribution is 7.89. The fourth-order valence-corrected chi connectivity index (χ4v) is 5.81. The number of hydrogen-bond acceptors (Lipinski definition) is 5. The maximum Gasteiger partial charge on any atom is 0.250 e. The minimum absolute atomic E-state index is 0.0267. The van der Waals surface area contributed by atoms with Gasteiger partial charge >= 0.3 is 0 Å². The minimum Gasteiger partial charge on any atom is -0.379 e. The molecule has 1 saturated carbocycles. The number of sulfonamides is 1. The van der Waals surface area contributed by atoms with Crippen molar-refractivity contribution in [1.82, 2.24) is 4.31 Å². The van der Waals surface area contributed by atoms with Crippen LogP contribution in [0.4, 0.5) is 5.69 Å². The Morgan fingerprint density at radius 1 is 1.27 bits per heavy atom. The second-order valence-electron chi connectivity index (χ2n) is 8.77. The van der Waals surface area contributed by atoms with Crippen LogP contribution in [0.1, 0.15) is 40.0 Å². The first-order valence-electron chi connectivity index (χ1n) is 10.9. The predicted octanol–water partition coefficient (Wildman–Crippen LogP) is 3.12. The van der Waals surface area contributed by atoms with Gasteiger partial charge < -0.3 is 14.8 Å². The van der Waals surface area contributed by atoms with Gasteiger partial charge in [0, 0.05) is 18.8 Å². The van der Waals surface area contributed by atoms with Crippen LogP contribution in [0.5, 0.6) is 0 Å². The minimum atomic E-state index is -3.60. The largest absolute Gasteiger partial charge is 0.379 e. The molecule has 1 aromatic carbocycles. The van der Waals surface area contributed by atoms with Crippen LogP contribution < -0.4 is 5.32 Å². The molecule has 1 N–H and O–H groups in total. The molecule has 0 bridgehead atoms. The number of ether oxygens (including phenoxy) is 2. The molecule has 0 spiro atoms. The number of anilines is 1. The molecule has 1 aliphatic carbocycles. The third-order valence-electron chi connectivity index (χ3n) is 6.12. The Bertz CT molecular complexity index is 821. The first kappa shape index (κ1) is 23.2. The molecule has 1 aromatic rings. The van der Waals surface area contributed by atoms with Gasteiger partial charge in [-0.3, -0.25) is 4.79 Å². The van der Waals surface area contributed by atoms with Gasteiger partial charge in [-0.15, -0.1) is 0 Å². The average Bonchev–Trinajstić information content (AvgIpc) is 2.73. The van der Waals surface area contributed by atoms with E-state index in [9.17, 15) is 13.2 Å². The molecule has 3 atom stereocenters. The Kier molecular flexibility index (Phi) is 7.90. The van der Waals surface area contributed by atoms with Crippen molar-refractivity contribution in [3.05, 3.63) is 24.3 Å². The SMILES string of the molecule is CC(C)[C@@H]1CC[C@@H](C)C[C@H]1OCC(=O)Nc1cccc(S(=O)(=O)N2CCOCC2)c1. The molecule has 2 aliphatic rings. The molecule has 1 heterocycles. The number of rotatable bonds is 7. The highest BCUT2D eigenvalue weighted by Gasteiger charge is 2.32. The van der Waals surface area contributed by atoms with E-state index < -0.39 is 10.0 Å². The lowest BCUT2D eigenvalue weighted by molar-refractivity contribution is -0.126. The Hall–Kier alpha value is -1.48. The van der Waals surface area contributed by atoms with E-state index in [0.29, 0.717) is 49.7 Å². The smallest absolute Gasteiger partial charge is 0.250 e. The summed E-state index contributed by atoms with van der Waals surface area (Å²) in [4.78, 5) is 12.6. The molecule has 30 heavy (non-hydrogen) atoms. The number of nitrogens with zero attached hydrogens (tertiary/aromatic N) is 1. The molecule has 0 unspecified atom stereocenters. The average molecular weight is 439 g/mol. The fraction of sp³-hybridized carbons (Fsp3) is 0.682. The molecule has 0 radical (unpaired) electrons. The monoisotopic (exact) mass is 438 g/mol. The van der Waals surface area contributed by atoms with Crippen molar-refractivity contribution in [2.24, 2.45) is 17.8 Å². The number of amides is 1. The summed E-state index contributed by atoms with van der Waals surface area (Å²) < 4.78 is 38.3. The summed E-state index contributed by atoms with van der Waals surface area (Å²) in [5.41, 5.74) is 0.454. The summed E-state index contributed by atoms with van der Waals surface area (Å²) in [6.45, 7) is 8.07. The third-order valence-corrected chi connectivity index (χ3v) is 8.01. The molecule has 2 fully saturated rings. The second-order valence-corrected chi connectivity index (χ2v) is 10.7. The van der Waals surface area contributed by atoms with Crippen molar-refractivity contribution in [2.75, 3.05) is 38.2 Å². The quantitative estimate of drug-likeness (QED) is 0.707. The van der Waals surface area contributed by atoms with Crippen LogP contribution >= 0.6 is 0 Å². The highest BCUT2D eigenvalue weighted by atomic mass is 32.2. The lowest BCUT2D eigenvalue weighted by atomic mass is 9.75. The van der Waals surface area contributed by atoms with E-state index >= 15 is 0 Å². The normalized spacial score (nSPS) is 25.9. The zero-order valence-electron chi connectivity index (χ0n) is 18.2. The van der Waals surface area contributed by atoms with E-state index in [4.69, 9.17) is 9.47 Å². The maximum absolute atomic E-state index is 12.8. The van der Waals surface area contributed by atoms with Gasteiger partial charge in [0.05, 0.1) is 24.2 Å². The summed E-state index contributed by atoms with van der Waals surface area (Å²) in [5.74, 6) is 1.33. The van der Waals surface area contributed by atoms with Crippen molar-refractivity contribution < 1.29 is 22.7 Å². The van der Waals surface area contributed by atoms with Gasteiger partial charge in [-0.1, -0.05) is 33.3 Å². The molecule has 7 nitrogen and oxygen atoms in total. The van der Waals surface area contributed by atoms with Crippen molar-refractivity contribution in [1.29, 1.82) is 0 Å². The number of hydrogen-bond donors (Lipinski definition) is 1. The standard InChI is InChI=1S/C22H34N2O5S/c1-16(2)20-8-7-17(3)13-21(20)29-15-22(25)23-18-5-4-6-19(14-18)30(26,27)24-9-11-28-12-10-24/h4-6,14,16-17,20-21H,7-13,15H2,1-3H3,(H,23,25)/t17-,20+,21-/m1/s1. The van der Waals surface area contributed by atoms with Crippen LogP contribution in [0.3, 0.4) is 0 Å². The van der Waals surface area contributed by atoms with E-state index in [1.807, 2.05) is 0 Å². The van der Waals surface area contributed by atoms with Crippen LogP contribution in [-0.4, -0.2) is 57.6 Å². The summed E-state index contributed by atoms with van der Waals surface area (Å²) in [5, 5.41) is 2.78.